The van der Waals surface area contributed by atoms with E-state index in [-0.39, 0.29) is 5.56 Å². The number of hydrogen-bond acceptors (Lipinski definition) is 4. The van der Waals surface area contributed by atoms with Crippen LogP contribution in [-0.2, 0) is 0 Å². The molecule has 86 valence electrons. The van der Waals surface area contributed by atoms with Crippen molar-refractivity contribution in [1.82, 2.24) is 9.97 Å². The van der Waals surface area contributed by atoms with Crippen molar-refractivity contribution in [2.24, 2.45) is 0 Å². The molecule has 5 nitrogen and oxygen atoms in total. The molecule has 0 spiro atoms. The molecule has 0 saturated heterocycles. The summed E-state index contributed by atoms with van der Waals surface area (Å²) in [5.74, 6) is -0.337. The van der Waals surface area contributed by atoms with Gasteiger partial charge in [-0.3, -0.25) is 0 Å². The van der Waals surface area contributed by atoms with Crippen molar-refractivity contribution in [3.63, 3.8) is 0 Å². The van der Waals surface area contributed by atoms with E-state index in [0.717, 1.165) is 0 Å². The summed E-state index contributed by atoms with van der Waals surface area (Å²) >= 11 is 0. The Kier molecular flexibility index (Phi) is 3.00. The first-order valence-electron chi connectivity index (χ1n) is 4.90. The summed E-state index contributed by atoms with van der Waals surface area (Å²) in [6, 6.07) is 7.02. The summed E-state index contributed by atoms with van der Waals surface area (Å²) in [4.78, 5) is 18.7. The van der Waals surface area contributed by atoms with E-state index in [1.165, 1.54) is 12.5 Å². The lowest BCUT2D eigenvalue weighted by atomic mass is 10.1. The molecule has 1 heterocycles. The molecule has 1 aromatic carbocycles. The molecular formula is C12H10N2O3. The molecule has 2 rings (SSSR count). The number of carbonyl (C=O) groups is 1. The number of nitrogens with zero attached hydrogens (tertiary/aromatic N) is 2. The van der Waals surface area contributed by atoms with Crippen molar-refractivity contribution in [3.05, 3.63) is 42.4 Å². The van der Waals surface area contributed by atoms with Gasteiger partial charge in [-0.2, -0.15) is 0 Å². The Bertz CT molecular complexity index is 538. The highest BCUT2D eigenvalue weighted by Gasteiger charge is 2.12. The minimum atomic E-state index is -1.04. The summed E-state index contributed by atoms with van der Waals surface area (Å²) in [6.07, 6.45) is 2.61. The largest absolute Gasteiger partial charge is 0.497 e. The maximum atomic E-state index is 11.0. The van der Waals surface area contributed by atoms with E-state index in [4.69, 9.17) is 9.84 Å². The summed E-state index contributed by atoms with van der Waals surface area (Å²) < 4.78 is 5.03. The minimum Gasteiger partial charge on any atom is -0.497 e. The summed E-state index contributed by atoms with van der Waals surface area (Å²) in [5, 5.41) is 9.02. The van der Waals surface area contributed by atoms with Gasteiger partial charge < -0.3 is 9.84 Å². The molecule has 0 atom stereocenters. The summed E-state index contributed by atoms with van der Waals surface area (Å²) in [5.41, 5.74) is 1.19. The number of benzene rings is 1. The molecule has 0 bridgehead atoms. The first-order chi connectivity index (χ1) is 8.22. The number of rotatable bonds is 3. The molecule has 0 aliphatic heterocycles. The van der Waals surface area contributed by atoms with Crippen molar-refractivity contribution in [1.29, 1.82) is 0 Å². The highest BCUT2D eigenvalue weighted by molar-refractivity contribution is 5.94. The van der Waals surface area contributed by atoms with E-state index in [2.05, 4.69) is 9.97 Å². The van der Waals surface area contributed by atoms with E-state index >= 15 is 0 Å². The van der Waals surface area contributed by atoms with Crippen LogP contribution in [0.2, 0.25) is 0 Å². The van der Waals surface area contributed by atoms with E-state index in [0.29, 0.717) is 17.0 Å². The zero-order valence-corrected chi connectivity index (χ0v) is 9.12. The number of ether oxygens (including phenoxy) is 1. The lowest BCUT2D eigenvalue weighted by Crippen LogP contribution is -2.02. The van der Waals surface area contributed by atoms with Crippen LogP contribution < -0.4 is 4.74 Å². The van der Waals surface area contributed by atoms with Gasteiger partial charge in [-0.05, 0) is 24.3 Å². The van der Waals surface area contributed by atoms with E-state index in [1.807, 2.05) is 0 Å². The molecule has 0 fully saturated rings. The van der Waals surface area contributed by atoms with Crippen molar-refractivity contribution < 1.29 is 14.6 Å². The van der Waals surface area contributed by atoms with Gasteiger partial charge in [0.25, 0.3) is 0 Å². The molecule has 0 aliphatic rings. The third-order valence-electron chi connectivity index (χ3n) is 2.31. The molecule has 1 aromatic heterocycles. The molecule has 0 aliphatic carbocycles. The lowest BCUT2D eigenvalue weighted by molar-refractivity contribution is 0.0697. The number of hydrogen-bond donors (Lipinski definition) is 1. The van der Waals surface area contributed by atoms with E-state index in [1.54, 1.807) is 31.4 Å². The standard InChI is InChI=1S/C12H10N2O3/c1-17-9-4-2-8(3-5-9)11-10(12(15)16)6-13-7-14-11/h2-7H,1H3,(H,15,16). The predicted octanol–water partition coefficient (Wildman–Crippen LogP) is 1.85. The monoisotopic (exact) mass is 230 g/mol. The molecule has 1 N–H and O–H groups in total. The Hall–Kier alpha value is -2.43. The maximum Gasteiger partial charge on any atom is 0.339 e. The van der Waals surface area contributed by atoms with Crippen LogP contribution >= 0.6 is 0 Å². The van der Waals surface area contributed by atoms with Crippen molar-refractivity contribution >= 4 is 5.97 Å². The fraction of sp³-hybridized carbons (Fsp3) is 0.0833. The van der Waals surface area contributed by atoms with Crippen molar-refractivity contribution in [3.8, 4) is 17.0 Å². The first kappa shape index (κ1) is 11.1. The summed E-state index contributed by atoms with van der Waals surface area (Å²) in [7, 11) is 1.57. The zero-order valence-electron chi connectivity index (χ0n) is 9.12. The smallest absolute Gasteiger partial charge is 0.339 e. The molecule has 0 saturated carbocycles. The highest BCUT2D eigenvalue weighted by Crippen LogP contribution is 2.23. The highest BCUT2D eigenvalue weighted by atomic mass is 16.5. The normalized spacial score (nSPS) is 9.94. The summed E-state index contributed by atoms with van der Waals surface area (Å²) in [6.45, 7) is 0. The SMILES string of the molecule is COc1ccc(-c2ncncc2C(=O)O)cc1. The van der Waals surface area contributed by atoms with Gasteiger partial charge >= 0.3 is 5.97 Å². The second kappa shape index (κ2) is 4.61. The van der Waals surface area contributed by atoms with Crippen molar-refractivity contribution in [2.75, 3.05) is 7.11 Å². The van der Waals surface area contributed by atoms with Gasteiger partial charge in [0.1, 0.15) is 17.6 Å². The third kappa shape index (κ3) is 2.23. The Morgan fingerprint density at radius 1 is 1.29 bits per heavy atom. The molecule has 17 heavy (non-hydrogen) atoms. The van der Waals surface area contributed by atoms with Gasteiger partial charge in [-0.25, -0.2) is 14.8 Å². The molecular weight excluding hydrogens is 220 g/mol. The van der Waals surface area contributed by atoms with Crippen LogP contribution in [0.25, 0.3) is 11.3 Å². The molecule has 2 aromatic rings. The third-order valence-corrected chi connectivity index (χ3v) is 2.31. The zero-order chi connectivity index (χ0) is 12.3. The second-order valence-electron chi connectivity index (χ2n) is 3.32. The van der Waals surface area contributed by atoms with E-state index in [9.17, 15) is 4.79 Å². The number of aromatic carboxylic acids is 1. The topological polar surface area (TPSA) is 72.3 Å². The fourth-order valence-electron chi connectivity index (χ4n) is 1.47. The minimum absolute atomic E-state index is 0.0812. The van der Waals surface area contributed by atoms with Gasteiger partial charge in [0.2, 0.25) is 0 Å². The Morgan fingerprint density at radius 3 is 2.59 bits per heavy atom. The number of carboxylic acids is 1. The number of aromatic nitrogens is 2. The lowest BCUT2D eigenvalue weighted by Gasteiger charge is -2.05. The van der Waals surface area contributed by atoms with Crippen LogP contribution in [-0.4, -0.2) is 28.2 Å². The van der Waals surface area contributed by atoms with Gasteiger partial charge in [-0.1, -0.05) is 0 Å². The van der Waals surface area contributed by atoms with E-state index < -0.39 is 5.97 Å². The maximum absolute atomic E-state index is 11.0. The number of carboxylic acid groups (broad SMARTS) is 1. The average Bonchev–Trinajstić information content (AvgIpc) is 2.39. The van der Waals surface area contributed by atoms with Crippen LogP contribution in [0.5, 0.6) is 5.75 Å². The molecule has 0 amide bonds. The number of methoxy groups -OCH3 is 1. The van der Waals surface area contributed by atoms with Gasteiger partial charge in [0, 0.05) is 11.8 Å². The molecule has 0 unspecified atom stereocenters. The average molecular weight is 230 g/mol. The van der Waals surface area contributed by atoms with Gasteiger partial charge in [0.15, 0.2) is 0 Å². The predicted molar refractivity (Wildman–Crippen MR) is 61.0 cm³/mol. The quantitative estimate of drug-likeness (QED) is 0.871. The first-order valence-corrected chi connectivity index (χ1v) is 4.90. The van der Waals surface area contributed by atoms with Crippen LogP contribution in [0.4, 0.5) is 0 Å². The second-order valence-corrected chi connectivity index (χ2v) is 3.32. The van der Waals surface area contributed by atoms with Gasteiger partial charge in [-0.15, -0.1) is 0 Å². The van der Waals surface area contributed by atoms with Crippen molar-refractivity contribution in [2.45, 2.75) is 0 Å². The van der Waals surface area contributed by atoms with Crippen LogP contribution in [0, 0.1) is 0 Å². The Morgan fingerprint density at radius 2 is 2.00 bits per heavy atom. The van der Waals surface area contributed by atoms with Crippen LogP contribution in [0.3, 0.4) is 0 Å². The molecule has 5 heteroatoms. The van der Waals surface area contributed by atoms with Crippen LogP contribution in [0.1, 0.15) is 10.4 Å². The fourth-order valence-corrected chi connectivity index (χ4v) is 1.47. The van der Waals surface area contributed by atoms with Crippen LogP contribution in [0.15, 0.2) is 36.8 Å². The molecule has 0 radical (unpaired) electrons. The Labute approximate surface area is 97.7 Å². The van der Waals surface area contributed by atoms with Gasteiger partial charge in [0.05, 0.1) is 12.8 Å². The Balaban J connectivity index is 2.48.